The molecule has 2 heterocycles. The molecule has 1 aromatic carbocycles. The first-order valence-corrected chi connectivity index (χ1v) is 9.31. The first-order chi connectivity index (χ1) is 13.2. The van der Waals surface area contributed by atoms with E-state index in [9.17, 15) is 9.59 Å². The molecule has 7 nitrogen and oxygen atoms in total. The summed E-state index contributed by atoms with van der Waals surface area (Å²) in [4.78, 5) is 25.3. The predicted molar refractivity (Wildman–Crippen MR) is 99.3 cm³/mol. The van der Waals surface area contributed by atoms with Gasteiger partial charge in [0.25, 0.3) is 5.91 Å². The summed E-state index contributed by atoms with van der Waals surface area (Å²) in [5, 5.41) is 5.48. The standard InChI is InChI=1S/C20H25N3O4/c24-19(14-22-20(25)15-27-16-7-2-1-3-8-16)21-13-17(18-9-6-12-26-18)23-10-4-5-11-23/h1-3,6-9,12,17H,4-5,10-11,13-15H2,(H,21,24)(H,22,25)/p+1/t17-/m0/s1. The average Bonchev–Trinajstić information content (AvgIpc) is 3.40. The summed E-state index contributed by atoms with van der Waals surface area (Å²) in [7, 11) is 0. The minimum Gasteiger partial charge on any atom is -0.484 e. The summed E-state index contributed by atoms with van der Waals surface area (Å²) in [5.41, 5.74) is 0. The van der Waals surface area contributed by atoms with Gasteiger partial charge in [0, 0.05) is 12.8 Å². The lowest BCUT2D eigenvalue weighted by Gasteiger charge is -2.23. The second-order valence-corrected chi connectivity index (χ2v) is 6.62. The molecule has 7 heteroatoms. The van der Waals surface area contributed by atoms with Crippen LogP contribution in [0.5, 0.6) is 5.75 Å². The van der Waals surface area contributed by atoms with Crippen LogP contribution in [0.3, 0.4) is 0 Å². The molecule has 2 aromatic rings. The lowest BCUT2D eigenvalue weighted by Crippen LogP contribution is -3.11. The van der Waals surface area contributed by atoms with Crippen LogP contribution >= 0.6 is 0 Å². The van der Waals surface area contributed by atoms with Crippen molar-refractivity contribution >= 4 is 11.8 Å². The van der Waals surface area contributed by atoms with E-state index in [1.54, 1.807) is 18.4 Å². The monoisotopic (exact) mass is 372 g/mol. The highest BCUT2D eigenvalue weighted by Crippen LogP contribution is 2.11. The molecular weight excluding hydrogens is 346 g/mol. The second kappa shape index (κ2) is 9.78. The number of benzene rings is 1. The summed E-state index contributed by atoms with van der Waals surface area (Å²) in [6, 6.07) is 13.0. The molecule has 27 heavy (non-hydrogen) atoms. The van der Waals surface area contributed by atoms with E-state index in [0.717, 1.165) is 18.8 Å². The fourth-order valence-corrected chi connectivity index (χ4v) is 3.29. The number of carbonyl (C=O) groups excluding carboxylic acids is 2. The van der Waals surface area contributed by atoms with E-state index in [-0.39, 0.29) is 31.0 Å². The van der Waals surface area contributed by atoms with Gasteiger partial charge >= 0.3 is 0 Å². The van der Waals surface area contributed by atoms with Crippen LogP contribution in [0.15, 0.2) is 53.1 Å². The number of hydrogen-bond acceptors (Lipinski definition) is 4. The molecule has 1 aliphatic rings. The maximum absolute atomic E-state index is 12.1. The lowest BCUT2D eigenvalue weighted by molar-refractivity contribution is -0.919. The molecule has 1 aliphatic heterocycles. The first kappa shape index (κ1) is 19.0. The van der Waals surface area contributed by atoms with Crippen LogP contribution < -0.4 is 20.3 Å². The fraction of sp³-hybridized carbons (Fsp3) is 0.400. The predicted octanol–water partition coefficient (Wildman–Crippen LogP) is 0.311. The number of hydrogen-bond donors (Lipinski definition) is 3. The second-order valence-electron chi connectivity index (χ2n) is 6.62. The van der Waals surface area contributed by atoms with Crippen molar-refractivity contribution in [3.63, 3.8) is 0 Å². The van der Waals surface area contributed by atoms with Crippen LogP contribution in [0.25, 0.3) is 0 Å². The molecule has 0 spiro atoms. The number of quaternary nitrogens is 1. The third kappa shape index (κ3) is 5.86. The molecule has 0 aliphatic carbocycles. The van der Waals surface area contributed by atoms with Crippen molar-refractivity contribution in [3.05, 3.63) is 54.5 Å². The molecule has 3 rings (SSSR count). The van der Waals surface area contributed by atoms with Crippen molar-refractivity contribution in [1.29, 1.82) is 0 Å². The molecule has 1 fully saturated rings. The van der Waals surface area contributed by atoms with E-state index >= 15 is 0 Å². The zero-order valence-electron chi connectivity index (χ0n) is 15.3. The molecular formula is C20H26N3O4+. The molecule has 144 valence electrons. The minimum absolute atomic E-state index is 0.0722. The quantitative estimate of drug-likeness (QED) is 0.592. The van der Waals surface area contributed by atoms with Gasteiger partial charge in [0.05, 0.1) is 32.4 Å². The molecule has 1 saturated heterocycles. The smallest absolute Gasteiger partial charge is 0.258 e. The number of amides is 2. The summed E-state index contributed by atoms with van der Waals surface area (Å²) >= 11 is 0. The van der Waals surface area contributed by atoms with Gasteiger partial charge in [-0.25, -0.2) is 0 Å². The highest BCUT2D eigenvalue weighted by molar-refractivity contribution is 5.85. The summed E-state index contributed by atoms with van der Waals surface area (Å²) < 4.78 is 10.9. The Labute approximate surface area is 158 Å². The van der Waals surface area contributed by atoms with E-state index in [1.165, 1.54) is 17.7 Å². The van der Waals surface area contributed by atoms with Crippen molar-refractivity contribution in [2.24, 2.45) is 0 Å². The van der Waals surface area contributed by atoms with Crippen LogP contribution in [-0.4, -0.2) is 44.6 Å². The molecule has 0 saturated carbocycles. The van der Waals surface area contributed by atoms with Gasteiger partial charge in [0.15, 0.2) is 18.4 Å². The van der Waals surface area contributed by atoms with E-state index in [1.807, 2.05) is 30.3 Å². The average molecular weight is 372 g/mol. The largest absolute Gasteiger partial charge is 0.484 e. The maximum Gasteiger partial charge on any atom is 0.258 e. The van der Waals surface area contributed by atoms with Gasteiger partial charge < -0.3 is 24.7 Å². The van der Waals surface area contributed by atoms with E-state index in [4.69, 9.17) is 9.15 Å². The summed E-state index contributed by atoms with van der Waals surface area (Å²) in [5.74, 6) is 0.944. The number of ether oxygens (including phenoxy) is 1. The van der Waals surface area contributed by atoms with Gasteiger partial charge in [0.2, 0.25) is 5.91 Å². The van der Waals surface area contributed by atoms with Gasteiger partial charge in [-0.05, 0) is 24.3 Å². The van der Waals surface area contributed by atoms with Crippen LogP contribution in [0.4, 0.5) is 0 Å². The number of rotatable bonds is 9. The zero-order valence-corrected chi connectivity index (χ0v) is 15.3. The highest BCUT2D eigenvalue weighted by Gasteiger charge is 2.29. The third-order valence-electron chi connectivity index (χ3n) is 4.69. The van der Waals surface area contributed by atoms with Gasteiger partial charge in [-0.2, -0.15) is 0 Å². The zero-order chi connectivity index (χ0) is 18.9. The van der Waals surface area contributed by atoms with E-state index < -0.39 is 0 Å². The van der Waals surface area contributed by atoms with Gasteiger partial charge in [-0.15, -0.1) is 0 Å². The number of furan rings is 1. The SMILES string of the molecule is O=C(CNC(=O)COc1ccccc1)NC[C@@H](c1ccco1)[NH+]1CCCC1. The van der Waals surface area contributed by atoms with Gasteiger partial charge in [-0.3, -0.25) is 9.59 Å². The van der Waals surface area contributed by atoms with Crippen LogP contribution in [0, 0.1) is 0 Å². The molecule has 1 atom stereocenters. The van der Waals surface area contributed by atoms with Crippen molar-refractivity contribution in [2.45, 2.75) is 18.9 Å². The van der Waals surface area contributed by atoms with Crippen LogP contribution in [0.1, 0.15) is 24.6 Å². The van der Waals surface area contributed by atoms with Gasteiger partial charge in [0.1, 0.15) is 5.75 Å². The molecule has 0 bridgehead atoms. The molecule has 2 amide bonds. The summed E-state index contributed by atoms with van der Waals surface area (Å²) in [6.45, 7) is 2.45. The molecule has 0 unspecified atom stereocenters. The van der Waals surface area contributed by atoms with E-state index in [2.05, 4.69) is 10.6 Å². The van der Waals surface area contributed by atoms with E-state index in [0.29, 0.717) is 12.3 Å². The number of para-hydroxylation sites is 1. The highest BCUT2D eigenvalue weighted by atomic mass is 16.5. The van der Waals surface area contributed by atoms with Crippen molar-refractivity contribution in [2.75, 3.05) is 32.8 Å². The number of likely N-dealkylation sites (tertiary alicyclic amines) is 1. The molecule has 1 aromatic heterocycles. The number of carbonyl (C=O) groups is 2. The van der Waals surface area contributed by atoms with Crippen molar-refractivity contribution in [3.8, 4) is 5.75 Å². The van der Waals surface area contributed by atoms with Crippen LogP contribution in [0.2, 0.25) is 0 Å². The fourth-order valence-electron chi connectivity index (χ4n) is 3.29. The minimum atomic E-state index is -0.332. The topological polar surface area (TPSA) is 85.0 Å². The Morgan fingerprint density at radius 3 is 2.52 bits per heavy atom. The Balaban J connectivity index is 1.39. The van der Waals surface area contributed by atoms with Gasteiger partial charge in [-0.1, -0.05) is 18.2 Å². The Bertz CT molecular complexity index is 712. The third-order valence-corrected chi connectivity index (χ3v) is 4.69. The van der Waals surface area contributed by atoms with Crippen LogP contribution in [-0.2, 0) is 9.59 Å². The molecule has 3 N–H and O–H groups in total. The lowest BCUT2D eigenvalue weighted by atomic mass is 10.2. The summed E-state index contributed by atoms with van der Waals surface area (Å²) in [6.07, 6.45) is 4.04. The molecule has 0 radical (unpaired) electrons. The normalized spacial score (nSPS) is 15.3. The van der Waals surface area contributed by atoms with Crippen molar-refractivity contribution in [1.82, 2.24) is 10.6 Å². The van der Waals surface area contributed by atoms with Crippen molar-refractivity contribution < 1.29 is 23.6 Å². The number of nitrogens with one attached hydrogen (secondary N) is 3. The maximum atomic E-state index is 12.1. The Morgan fingerprint density at radius 2 is 1.81 bits per heavy atom. The Morgan fingerprint density at radius 1 is 1.04 bits per heavy atom. The Kier molecular flexibility index (Phi) is 6.87. The Hall–Kier alpha value is -2.80. The first-order valence-electron chi connectivity index (χ1n) is 9.31.